The van der Waals surface area contributed by atoms with Crippen molar-refractivity contribution < 1.29 is 18.3 Å². The van der Waals surface area contributed by atoms with Crippen LogP contribution in [0.5, 0.6) is 0 Å². The average Bonchev–Trinajstić information content (AvgIpc) is 2.27. The molecule has 1 rings (SSSR count). The number of piperidine rings is 1. The van der Waals surface area contributed by atoms with E-state index in [1.165, 1.54) is 11.4 Å². The second-order valence-electron chi connectivity index (χ2n) is 3.88. The maximum Gasteiger partial charge on any atom is 0.322 e. The van der Waals surface area contributed by atoms with Crippen molar-refractivity contribution in [3.05, 3.63) is 0 Å². The highest BCUT2D eigenvalue weighted by Crippen LogP contribution is 2.22. The SMILES string of the molecule is CCN(C)S(=O)(=O)N1CCCCC1C(=O)O. The zero-order valence-electron chi connectivity index (χ0n) is 9.59. The summed E-state index contributed by atoms with van der Waals surface area (Å²) < 4.78 is 26.3. The van der Waals surface area contributed by atoms with Crippen LogP contribution in [0, 0.1) is 0 Å². The van der Waals surface area contributed by atoms with E-state index in [1.54, 1.807) is 6.92 Å². The first kappa shape index (κ1) is 13.4. The highest BCUT2D eigenvalue weighted by molar-refractivity contribution is 7.86. The molecule has 7 heteroatoms. The Morgan fingerprint density at radius 1 is 1.50 bits per heavy atom. The van der Waals surface area contributed by atoms with Gasteiger partial charge in [-0.15, -0.1) is 0 Å². The van der Waals surface area contributed by atoms with Gasteiger partial charge in [0.05, 0.1) is 0 Å². The molecule has 94 valence electrons. The molecule has 1 N–H and O–H groups in total. The fourth-order valence-corrected chi connectivity index (χ4v) is 3.33. The van der Waals surface area contributed by atoms with Crippen molar-refractivity contribution in [1.82, 2.24) is 8.61 Å². The lowest BCUT2D eigenvalue weighted by Gasteiger charge is -2.34. The number of nitrogens with zero attached hydrogens (tertiary/aromatic N) is 2. The number of hydrogen-bond acceptors (Lipinski definition) is 3. The van der Waals surface area contributed by atoms with Crippen molar-refractivity contribution in [1.29, 1.82) is 0 Å². The van der Waals surface area contributed by atoms with Crippen LogP contribution in [0.15, 0.2) is 0 Å². The predicted molar refractivity (Wildman–Crippen MR) is 59.2 cm³/mol. The fourth-order valence-electron chi connectivity index (χ4n) is 1.77. The van der Waals surface area contributed by atoms with Crippen molar-refractivity contribution in [3.8, 4) is 0 Å². The normalized spacial score (nSPS) is 23.6. The van der Waals surface area contributed by atoms with Gasteiger partial charge in [0.2, 0.25) is 0 Å². The first-order chi connectivity index (χ1) is 7.41. The highest BCUT2D eigenvalue weighted by Gasteiger charge is 2.38. The molecule has 6 nitrogen and oxygen atoms in total. The third-order valence-electron chi connectivity index (χ3n) is 2.87. The van der Waals surface area contributed by atoms with E-state index in [1.807, 2.05) is 0 Å². The van der Waals surface area contributed by atoms with Crippen LogP contribution in [-0.2, 0) is 15.0 Å². The minimum atomic E-state index is -3.62. The van der Waals surface area contributed by atoms with E-state index in [0.29, 0.717) is 19.5 Å². The van der Waals surface area contributed by atoms with E-state index in [-0.39, 0.29) is 0 Å². The minimum Gasteiger partial charge on any atom is -0.480 e. The second-order valence-corrected chi connectivity index (χ2v) is 5.87. The smallest absolute Gasteiger partial charge is 0.322 e. The van der Waals surface area contributed by atoms with E-state index in [2.05, 4.69) is 0 Å². The monoisotopic (exact) mass is 250 g/mol. The molecule has 1 aliphatic rings. The van der Waals surface area contributed by atoms with Crippen molar-refractivity contribution >= 4 is 16.2 Å². The van der Waals surface area contributed by atoms with Gasteiger partial charge in [0.25, 0.3) is 10.2 Å². The van der Waals surface area contributed by atoms with E-state index >= 15 is 0 Å². The summed E-state index contributed by atoms with van der Waals surface area (Å²) in [6.45, 7) is 2.35. The molecule has 0 radical (unpaired) electrons. The van der Waals surface area contributed by atoms with Gasteiger partial charge in [-0.05, 0) is 19.3 Å². The fraction of sp³-hybridized carbons (Fsp3) is 0.889. The van der Waals surface area contributed by atoms with Crippen LogP contribution in [-0.4, -0.2) is 54.3 Å². The molecule has 1 atom stereocenters. The third kappa shape index (κ3) is 2.53. The number of carbonyl (C=O) groups is 1. The molecular weight excluding hydrogens is 232 g/mol. The maximum absolute atomic E-state index is 12.0. The van der Waals surface area contributed by atoms with Gasteiger partial charge < -0.3 is 5.11 Å². The number of carboxylic acid groups (broad SMARTS) is 1. The summed E-state index contributed by atoms with van der Waals surface area (Å²) >= 11 is 0. The largest absolute Gasteiger partial charge is 0.480 e. The van der Waals surface area contributed by atoms with Gasteiger partial charge in [-0.1, -0.05) is 6.92 Å². The Bertz CT molecular complexity index is 355. The number of hydrogen-bond donors (Lipinski definition) is 1. The van der Waals surface area contributed by atoms with Gasteiger partial charge in [0.15, 0.2) is 0 Å². The van der Waals surface area contributed by atoms with Gasteiger partial charge in [0.1, 0.15) is 6.04 Å². The summed E-state index contributed by atoms with van der Waals surface area (Å²) in [5, 5.41) is 9.00. The van der Waals surface area contributed by atoms with Crippen LogP contribution in [0.1, 0.15) is 26.2 Å². The summed E-state index contributed by atoms with van der Waals surface area (Å²) in [5.41, 5.74) is 0. The van der Waals surface area contributed by atoms with Gasteiger partial charge in [-0.25, -0.2) is 0 Å². The molecule has 0 saturated carbocycles. The van der Waals surface area contributed by atoms with Crippen LogP contribution in [0.2, 0.25) is 0 Å². The topological polar surface area (TPSA) is 77.9 Å². The molecule has 0 spiro atoms. The summed E-state index contributed by atoms with van der Waals surface area (Å²) in [6, 6.07) is -0.909. The highest BCUT2D eigenvalue weighted by atomic mass is 32.2. The predicted octanol–water partition coefficient (Wildman–Crippen LogP) is 0.122. The van der Waals surface area contributed by atoms with Crippen molar-refractivity contribution in [2.24, 2.45) is 0 Å². The Morgan fingerprint density at radius 3 is 2.62 bits per heavy atom. The summed E-state index contributed by atoms with van der Waals surface area (Å²) in [7, 11) is -2.16. The minimum absolute atomic E-state index is 0.295. The Hall–Kier alpha value is -0.660. The molecule has 1 saturated heterocycles. The first-order valence-corrected chi connectivity index (χ1v) is 6.77. The molecule has 0 aromatic carbocycles. The molecule has 1 unspecified atom stereocenters. The maximum atomic E-state index is 12.0. The lowest BCUT2D eigenvalue weighted by molar-refractivity contribution is -0.142. The first-order valence-electron chi connectivity index (χ1n) is 5.37. The van der Waals surface area contributed by atoms with Crippen molar-refractivity contribution in [2.45, 2.75) is 32.2 Å². The van der Waals surface area contributed by atoms with Gasteiger partial charge in [0, 0.05) is 20.1 Å². The Morgan fingerprint density at radius 2 is 2.12 bits per heavy atom. The average molecular weight is 250 g/mol. The number of rotatable bonds is 4. The van der Waals surface area contributed by atoms with Crippen LogP contribution in [0.4, 0.5) is 0 Å². The van der Waals surface area contributed by atoms with Crippen molar-refractivity contribution in [2.75, 3.05) is 20.1 Å². The molecule has 1 fully saturated rings. The van der Waals surface area contributed by atoms with Crippen molar-refractivity contribution in [3.63, 3.8) is 0 Å². The lowest BCUT2D eigenvalue weighted by Crippen LogP contribution is -2.52. The van der Waals surface area contributed by atoms with Crippen LogP contribution in [0.25, 0.3) is 0 Å². The Labute approximate surface area is 96.0 Å². The van der Waals surface area contributed by atoms with Gasteiger partial charge >= 0.3 is 5.97 Å². The second kappa shape index (κ2) is 5.11. The standard InChI is InChI=1S/C9H18N2O4S/c1-3-10(2)16(14,15)11-7-5-4-6-8(11)9(12)13/h8H,3-7H2,1-2H3,(H,12,13). The third-order valence-corrected chi connectivity index (χ3v) is 4.95. The summed E-state index contributed by atoms with van der Waals surface area (Å²) in [6.07, 6.45) is 1.88. The molecule has 0 bridgehead atoms. The molecular formula is C9H18N2O4S. The molecule has 0 aliphatic carbocycles. The number of aliphatic carboxylic acids is 1. The van der Waals surface area contributed by atoms with E-state index in [9.17, 15) is 13.2 Å². The quantitative estimate of drug-likeness (QED) is 0.769. The molecule has 0 amide bonds. The molecule has 0 aromatic rings. The lowest BCUT2D eigenvalue weighted by atomic mass is 10.1. The summed E-state index contributed by atoms with van der Waals surface area (Å²) in [4.78, 5) is 11.0. The van der Waals surface area contributed by atoms with E-state index in [4.69, 9.17) is 5.11 Å². The van der Waals surface area contributed by atoms with Crippen LogP contribution in [0.3, 0.4) is 0 Å². The number of carboxylic acids is 1. The Kier molecular flexibility index (Phi) is 4.28. The summed E-state index contributed by atoms with van der Waals surface area (Å²) in [5.74, 6) is -1.06. The zero-order valence-corrected chi connectivity index (χ0v) is 10.4. The van der Waals surface area contributed by atoms with E-state index in [0.717, 1.165) is 17.1 Å². The Balaban J connectivity index is 2.95. The van der Waals surface area contributed by atoms with E-state index < -0.39 is 22.2 Å². The molecule has 0 aromatic heterocycles. The van der Waals surface area contributed by atoms with Crippen LogP contribution < -0.4 is 0 Å². The van der Waals surface area contributed by atoms with Gasteiger partial charge in [-0.3, -0.25) is 4.79 Å². The molecule has 1 heterocycles. The van der Waals surface area contributed by atoms with Crippen LogP contribution >= 0.6 is 0 Å². The zero-order chi connectivity index (χ0) is 12.3. The molecule has 1 aliphatic heterocycles. The molecule has 16 heavy (non-hydrogen) atoms. The van der Waals surface area contributed by atoms with Gasteiger partial charge in [-0.2, -0.15) is 17.0 Å².